The maximum atomic E-state index is 12.0. The van der Waals surface area contributed by atoms with Gasteiger partial charge in [0, 0.05) is 10.6 Å². The molecule has 106 valence electrons. The molecule has 0 heterocycles. The molecule has 1 aromatic carbocycles. The van der Waals surface area contributed by atoms with Crippen LogP contribution in [0, 0.1) is 0 Å². The second-order valence-corrected chi connectivity index (χ2v) is 4.73. The van der Waals surface area contributed by atoms with E-state index in [0.29, 0.717) is 5.56 Å². The normalized spacial score (nSPS) is 14.8. The standard InChI is InChI=1S/C12H13ClF3NO2/c1-11(19,8-4-2-3-5-9(8)13)7-17-10(18)6-12(14,15)16/h2-5,19H,6-7H2,1H3,(H,17,18). The van der Waals surface area contributed by atoms with Crippen molar-refractivity contribution >= 4 is 17.5 Å². The minimum Gasteiger partial charge on any atom is -0.384 e. The Balaban J connectivity index is 2.66. The number of aliphatic hydroxyl groups is 1. The van der Waals surface area contributed by atoms with Gasteiger partial charge in [0.15, 0.2) is 0 Å². The topological polar surface area (TPSA) is 49.3 Å². The third-order valence-electron chi connectivity index (χ3n) is 2.44. The molecule has 0 aliphatic heterocycles. The lowest BCUT2D eigenvalue weighted by Gasteiger charge is -2.25. The van der Waals surface area contributed by atoms with Crippen LogP contribution in [-0.4, -0.2) is 23.7 Å². The third-order valence-corrected chi connectivity index (χ3v) is 2.77. The van der Waals surface area contributed by atoms with Crippen molar-refractivity contribution < 1.29 is 23.1 Å². The smallest absolute Gasteiger partial charge is 0.384 e. The van der Waals surface area contributed by atoms with Crippen LogP contribution >= 0.6 is 11.6 Å². The van der Waals surface area contributed by atoms with Gasteiger partial charge in [-0.05, 0) is 13.0 Å². The molecule has 1 rings (SSSR count). The van der Waals surface area contributed by atoms with Crippen LogP contribution in [0.4, 0.5) is 13.2 Å². The van der Waals surface area contributed by atoms with Gasteiger partial charge >= 0.3 is 6.18 Å². The number of amides is 1. The number of rotatable bonds is 4. The van der Waals surface area contributed by atoms with Gasteiger partial charge in [0.1, 0.15) is 12.0 Å². The average Bonchev–Trinajstić information content (AvgIpc) is 2.24. The highest BCUT2D eigenvalue weighted by Gasteiger charge is 2.32. The predicted molar refractivity (Wildman–Crippen MR) is 64.7 cm³/mol. The fourth-order valence-electron chi connectivity index (χ4n) is 1.51. The molecule has 0 saturated heterocycles. The maximum Gasteiger partial charge on any atom is 0.397 e. The molecule has 0 radical (unpaired) electrons. The zero-order valence-corrected chi connectivity index (χ0v) is 10.8. The first-order valence-electron chi connectivity index (χ1n) is 5.43. The molecule has 7 heteroatoms. The number of halogens is 4. The van der Waals surface area contributed by atoms with Crippen LogP contribution in [0.25, 0.3) is 0 Å². The Morgan fingerprint density at radius 3 is 2.47 bits per heavy atom. The zero-order valence-electron chi connectivity index (χ0n) is 10.1. The van der Waals surface area contributed by atoms with E-state index >= 15 is 0 Å². The van der Waals surface area contributed by atoms with Crippen molar-refractivity contribution in [1.82, 2.24) is 5.32 Å². The molecule has 0 fully saturated rings. The summed E-state index contributed by atoms with van der Waals surface area (Å²) in [4.78, 5) is 11.0. The van der Waals surface area contributed by atoms with E-state index in [2.05, 4.69) is 0 Å². The summed E-state index contributed by atoms with van der Waals surface area (Å²) in [6.45, 7) is 1.01. The number of alkyl halides is 3. The van der Waals surface area contributed by atoms with Crippen molar-refractivity contribution in [3.8, 4) is 0 Å². The van der Waals surface area contributed by atoms with Crippen LogP contribution in [0.1, 0.15) is 18.9 Å². The second-order valence-electron chi connectivity index (χ2n) is 4.32. The van der Waals surface area contributed by atoms with Gasteiger partial charge < -0.3 is 10.4 Å². The first-order valence-corrected chi connectivity index (χ1v) is 5.80. The summed E-state index contributed by atoms with van der Waals surface area (Å²) in [5.74, 6) is -1.19. The lowest BCUT2D eigenvalue weighted by Crippen LogP contribution is -2.40. The molecule has 0 saturated carbocycles. The van der Waals surface area contributed by atoms with Crippen molar-refractivity contribution in [2.45, 2.75) is 25.1 Å². The summed E-state index contributed by atoms with van der Waals surface area (Å²) in [6.07, 6.45) is -6.15. The van der Waals surface area contributed by atoms with E-state index in [0.717, 1.165) is 0 Å². The quantitative estimate of drug-likeness (QED) is 0.897. The van der Waals surface area contributed by atoms with Gasteiger partial charge in [-0.3, -0.25) is 4.79 Å². The first-order chi connectivity index (χ1) is 8.62. The molecule has 0 bridgehead atoms. The molecule has 1 amide bonds. The van der Waals surface area contributed by atoms with E-state index in [4.69, 9.17) is 11.6 Å². The van der Waals surface area contributed by atoms with Crippen molar-refractivity contribution in [3.63, 3.8) is 0 Å². The summed E-state index contributed by atoms with van der Waals surface area (Å²) in [5, 5.41) is 12.4. The van der Waals surface area contributed by atoms with Gasteiger partial charge in [0.25, 0.3) is 0 Å². The van der Waals surface area contributed by atoms with Gasteiger partial charge in [0.2, 0.25) is 5.91 Å². The monoisotopic (exact) mass is 295 g/mol. The Hall–Kier alpha value is -1.27. The minimum absolute atomic E-state index is 0.276. The maximum absolute atomic E-state index is 12.0. The largest absolute Gasteiger partial charge is 0.397 e. The van der Waals surface area contributed by atoms with Crippen molar-refractivity contribution in [3.05, 3.63) is 34.9 Å². The Morgan fingerprint density at radius 1 is 1.37 bits per heavy atom. The Bertz CT molecular complexity index is 461. The Morgan fingerprint density at radius 2 is 1.95 bits per heavy atom. The third kappa shape index (κ3) is 5.08. The van der Waals surface area contributed by atoms with Crippen LogP contribution in [0.5, 0.6) is 0 Å². The lowest BCUT2D eigenvalue weighted by atomic mass is 9.96. The number of carbonyl (C=O) groups is 1. The Labute approximate surface area is 113 Å². The molecule has 0 aromatic heterocycles. The van der Waals surface area contributed by atoms with Gasteiger partial charge in [-0.2, -0.15) is 13.2 Å². The SMILES string of the molecule is CC(O)(CNC(=O)CC(F)(F)F)c1ccccc1Cl. The van der Waals surface area contributed by atoms with Crippen LogP contribution in [-0.2, 0) is 10.4 Å². The molecule has 2 N–H and O–H groups in total. The van der Waals surface area contributed by atoms with Gasteiger partial charge in [-0.25, -0.2) is 0 Å². The molecule has 1 unspecified atom stereocenters. The van der Waals surface area contributed by atoms with E-state index in [1.165, 1.54) is 13.0 Å². The molecule has 0 aliphatic carbocycles. The van der Waals surface area contributed by atoms with Crippen LogP contribution < -0.4 is 5.32 Å². The molecule has 1 aromatic rings. The van der Waals surface area contributed by atoms with Crippen LogP contribution in [0.15, 0.2) is 24.3 Å². The lowest BCUT2D eigenvalue weighted by molar-refractivity contribution is -0.154. The summed E-state index contributed by atoms with van der Waals surface area (Å²) in [6, 6.07) is 6.37. The van der Waals surface area contributed by atoms with Crippen molar-refractivity contribution in [2.24, 2.45) is 0 Å². The summed E-state index contributed by atoms with van der Waals surface area (Å²) < 4.78 is 35.9. The molecular weight excluding hydrogens is 283 g/mol. The number of carbonyl (C=O) groups excluding carboxylic acids is 1. The molecule has 0 spiro atoms. The van der Waals surface area contributed by atoms with E-state index in [-0.39, 0.29) is 11.6 Å². The first kappa shape index (κ1) is 15.8. The van der Waals surface area contributed by atoms with Gasteiger partial charge in [0.05, 0.1) is 6.54 Å². The van der Waals surface area contributed by atoms with E-state index in [1.807, 2.05) is 5.32 Å². The summed E-state index contributed by atoms with van der Waals surface area (Å²) in [5.41, 5.74) is -1.21. The van der Waals surface area contributed by atoms with Crippen molar-refractivity contribution in [1.29, 1.82) is 0 Å². The van der Waals surface area contributed by atoms with E-state index in [1.54, 1.807) is 18.2 Å². The summed E-state index contributed by atoms with van der Waals surface area (Å²) >= 11 is 5.88. The zero-order chi connectivity index (χ0) is 14.7. The molecule has 19 heavy (non-hydrogen) atoms. The van der Waals surface area contributed by atoms with Crippen LogP contribution in [0.3, 0.4) is 0 Å². The molecule has 1 atom stereocenters. The van der Waals surface area contributed by atoms with E-state index in [9.17, 15) is 23.1 Å². The number of hydrogen-bond acceptors (Lipinski definition) is 2. The van der Waals surface area contributed by atoms with E-state index < -0.39 is 24.1 Å². The van der Waals surface area contributed by atoms with Crippen molar-refractivity contribution in [2.75, 3.05) is 6.54 Å². The molecule has 3 nitrogen and oxygen atoms in total. The predicted octanol–water partition coefficient (Wildman–Crippen LogP) is 2.62. The van der Waals surface area contributed by atoms with Gasteiger partial charge in [-0.15, -0.1) is 0 Å². The fourth-order valence-corrected chi connectivity index (χ4v) is 1.85. The van der Waals surface area contributed by atoms with Crippen LogP contribution in [0.2, 0.25) is 5.02 Å². The Kier molecular flexibility index (Phi) is 4.81. The second kappa shape index (κ2) is 5.79. The molecule has 0 aliphatic rings. The van der Waals surface area contributed by atoms with Gasteiger partial charge in [-0.1, -0.05) is 29.8 Å². The highest BCUT2D eigenvalue weighted by atomic mass is 35.5. The number of benzene rings is 1. The minimum atomic E-state index is -4.57. The fraction of sp³-hybridized carbons (Fsp3) is 0.417. The summed E-state index contributed by atoms with van der Waals surface area (Å²) in [7, 11) is 0. The highest BCUT2D eigenvalue weighted by molar-refractivity contribution is 6.31. The average molecular weight is 296 g/mol. The molecular formula is C12H13ClF3NO2. The number of hydrogen-bond donors (Lipinski definition) is 2. The highest BCUT2D eigenvalue weighted by Crippen LogP contribution is 2.27. The number of nitrogens with one attached hydrogen (secondary N) is 1.